The van der Waals surface area contributed by atoms with Gasteiger partial charge in [-0.1, -0.05) is 0 Å². The molecule has 0 atom stereocenters. The molecule has 0 aromatic carbocycles. The van der Waals surface area contributed by atoms with Gasteiger partial charge >= 0.3 is 6.18 Å². The molecule has 0 radical (unpaired) electrons. The fourth-order valence-electron chi connectivity index (χ4n) is 0.779. The number of hydrogen-bond acceptors (Lipinski definition) is 3. The molecule has 0 bridgehead atoms. The minimum absolute atomic E-state index is 0.0984. The fraction of sp³-hybridized carbons (Fsp3) is 0.375. The summed E-state index contributed by atoms with van der Waals surface area (Å²) in [5.74, 6) is 0.672. The molecule has 0 aliphatic rings. The zero-order chi connectivity index (χ0) is 10.6. The molecule has 0 aliphatic heterocycles. The van der Waals surface area contributed by atoms with Gasteiger partial charge in [-0.25, -0.2) is 4.98 Å². The van der Waals surface area contributed by atoms with Crippen LogP contribution in [0.1, 0.15) is 0 Å². The van der Waals surface area contributed by atoms with E-state index in [0.29, 0.717) is 5.82 Å². The lowest BCUT2D eigenvalue weighted by Gasteiger charge is -2.08. The first-order chi connectivity index (χ1) is 6.51. The van der Waals surface area contributed by atoms with E-state index in [9.17, 15) is 13.2 Å². The molecule has 0 amide bonds. The second-order valence-electron chi connectivity index (χ2n) is 2.53. The van der Waals surface area contributed by atoms with Crippen LogP contribution in [0.5, 0.6) is 5.75 Å². The average molecular weight is 206 g/mol. The van der Waals surface area contributed by atoms with Crippen LogP contribution in [0.4, 0.5) is 19.0 Å². The fourth-order valence-corrected chi connectivity index (χ4v) is 0.779. The van der Waals surface area contributed by atoms with Gasteiger partial charge in [-0.15, -0.1) is 0 Å². The molecule has 0 aliphatic carbocycles. The van der Waals surface area contributed by atoms with Crippen LogP contribution in [-0.4, -0.2) is 24.8 Å². The van der Waals surface area contributed by atoms with Gasteiger partial charge in [-0.05, 0) is 12.1 Å². The molecule has 3 nitrogen and oxygen atoms in total. The van der Waals surface area contributed by atoms with E-state index in [1.54, 1.807) is 7.05 Å². The summed E-state index contributed by atoms with van der Waals surface area (Å²) in [4.78, 5) is 3.79. The molecule has 1 aromatic rings. The molecule has 1 heterocycles. The van der Waals surface area contributed by atoms with Crippen LogP contribution in [-0.2, 0) is 0 Å². The van der Waals surface area contributed by atoms with Gasteiger partial charge in [0.05, 0.1) is 6.20 Å². The van der Waals surface area contributed by atoms with Crippen molar-refractivity contribution in [2.75, 3.05) is 19.0 Å². The summed E-state index contributed by atoms with van der Waals surface area (Å²) in [6.07, 6.45) is -3.08. The molecule has 0 fully saturated rings. The highest BCUT2D eigenvalue weighted by atomic mass is 19.4. The van der Waals surface area contributed by atoms with Crippen molar-refractivity contribution in [1.82, 2.24) is 4.98 Å². The number of nitrogens with one attached hydrogen (secondary N) is 1. The van der Waals surface area contributed by atoms with E-state index in [2.05, 4.69) is 15.0 Å². The number of rotatable bonds is 3. The normalized spacial score (nSPS) is 11.1. The van der Waals surface area contributed by atoms with E-state index in [1.807, 2.05) is 0 Å². The Morgan fingerprint density at radius 1 is 1.43 bits per heavy atom. The average Bonchev–Trinajstić information content (AvgIpc) is 2.14. The van der Waals surface area contributed by atoms with Crippen LogP contribution in [0, 0.1) is 0 Å². The van der Waals surface area contributed by atoms with E-state index in [0.717, 1.165) is 0 Å². The standard InChI is InChI=1S/C8H9F3N2O/c1-12-7-3-2-6(4-13-7)14-5-8(9,10)11/h2-4H,5H2,1H3,(H,12,13). The first-order valence-corrected chi connectivity index (χ1v) is 3.84. The Morgan fingerprint density at radius 3 is 2.57 bits per heavy atom. The third-order valence-corrected chi connectivity index (χ3v) is 1.39. The lowest BCUT2D eigenvalue weighted by atomic mass is 10.4. The second kappa shape index (κ2) is 4.17. The smallest absolute Gasteiger partial charge is 0.422 e. The maximum absolute atomic E-state index is 11.7. The van der Waals surface area contributed by atoms with Gasteiger partial charge in [0.15, 0.2) is 6.61 Å². The number of hydrogen-bond donors (Lipinski definition) is 1. The highest BCUT2D eigenvalue weighted by Gasteiger charge is 2.28. The molecular formula is C8H9F3N2O. The monoisotopic (exact) mass is 206 g/mol. The number of alkyl halides is 3. The van der Waals surface area contributed by atoms with E-state index in [1.165, 1.54) is 18.3 Å². The molecule has 0 unspecified atom stereocenters. The number of ether oxygens (including phenoxy) is 1. The SMILES string of the molecule is CNc1ccc(OCC(F)(F)F)cn1. The van der Waals surface area contributed by atoms with Gasteiger partial charge in [0.25, 0.3) is 0 Å². The number of pyridine rings is 1. The Bertz CT molecular complexity index is 284. The Hall–Kier alpha value is -1.46. The van der Waals surface area contributed by atoms with Crippen molar-refractivity contribution in [3.05, 3.63) is 18.3 Å². The maximum atomic E-state index is 11.7. The summed E-state index contributed by atoms with van der Waals surface area (Å²) in [5.41, 5.74) is 0. The largest absolute Gasteiger partial charge is 0.483 e. The van der Waals surface area contributed by atoms with E-state index in [-0.39, 0.29) is 5.75 Å². The number of anilines is 1. The Balaban J connectivity index is 2.52. The van der Waals surface area contributed by atoms with Crippen LogP contribution in [0.25, 0.3) is 0 Å². The third-order valence-electron chi connectivity index (χ3n) is 1.39. The van der Waals surface area contributed by atoms with Crippen molar-refractivity contribution in [3.8, 4) is 5.75 Å². The lowest BCUT2D eigenvalue weighted by molar-refractivity contribution is -0.153. The summed E-state index contributed by atoms with van der Waals surface area (Å²) in [5, 5.41) is 2.74. The second-order valence-corrected chi connectivity index (χ2v) is 2.53. The number of aromatic nitrogens is 1. The molecule has 6 heteroatoms. The quantitative estimate of drug-likeness (QED) is 0.821. The molecule has 0 saturated heterocycles. The van der Waals surface area contributed by atoms with Crippen molar-refractivity contribution in [1.29, 1.82) is 0 Å². The van der Waals surface area contributed by atoms with Crippen LogP contribution >= 0.6 is 0 Å². The molecule has 1 rings (SSSR count). The highest BCUT2D eigenvalue weighted by molar-refractivity contribution is 5.36. The zero-order valence-corrected chi connectivity index (χ0v) is 7.43. The summed E-state index contributed by atoms with van der Waals surface area (Å²) in [6.45, 7) is -1.30. The number of nitrogens with zero attached hydrogens (tertiary/aromatic N) is 1. The van der Waals surface area contributed by atoms with Crippen molar-refractivity contribution >= 4 is 5.82 Å². The van der Waals surface area contributed by atoms with Gasteiger partial charge in [-0.3, -0.25) is 0 Å². The first-order valence-electron chi connectivity index (χ1n) is 3.84. The lowest BCUT2D eigenvalue weighted by Crippen LogP contribution is -2.19. The summed E-state index contributed by atoms with van der Waals surface area (Å²) < 4.78 is 39.6. The Labute approximate surface area is 78.9 Å². The van der Waals surface area contributed by atoms with Crippen molar-refractivity contribution in [3.63, 3.8) is 0 Å². The van der Waals surface area contributed by atoms with Crippen molar-refractivity contribution in [2.45, 2.75) is 6.18 Å². The predicted molar refractivity (Wildman–Crippen MR) is 45.3 cm³/mol. The van der Waals surface area contributed by atoms with Gasteiger partial charge in [-0.2, -0.15) is 13.2 Å². The Kier molecular flexibility index (Phi) is 3.16. The van der Waals surface area contributed by atoms with Gasteiger partial charge in [0.2, 0.25) is 0 Å². The summed E-state index contributed by atoms with van der Waals surface area (Å²) in [6, 6.07) is 2.95. The summed E-state index contributed by atoms with van der Waals surface area (Å²) >= 11 is 0. The predicted octanol–water partition coefficient (Wildman–Crippen LogP) is 2.06. The topological polar surface area (TPSA) is 34.1 Å². The molecule has 78 valence electrons. The molecular weight excluding hydrogens is 197 g/mol. The molecule has 1 aromatic heterocycles. The van der Waals surface area contributed by atoms with Crippen molar-refractivity contribution in [2.24, 2.45) is 0 Å². The van der Waals surface area contributed by atoms with E-state index in [4.69, 9.17) is 0 Å². The van der Waals surface area contributed by atoms with Crippen LogP contribution < -0.4 is 10.1 Å². The maximum Gasteiger partial charge on any atom is 0.422 e. The third kappa shape index (κ3) is 3.51. The van der Waals surface area contributed by atoms with E-state index >= 15 is 0 Å². The van der Waals surface area contributed by atoms with E-state index < -0.39 is 12.8 Å². The minimum Gasteiger partial charge on any atom is -0.483 e. The summed E-state index contributed by atoms with van der Waals surface area (Å²) in [7, 11) is 1.67. The van der Waals surface area contributed by atoms with Gasteiger partial charge in [0, 0.05) is 7.05 Å². The number of halogens is 3. The van der Waals surface area contributed by atoms with Crippen molar-refractivity contribution < 1.29 is 17.9 Å². The Morgan fingerprint density at radius 2 is 2.14 bits per heavy atom. The minimum atomic E-state index is -4.32. The zero-order valence-electron chi connectivity index (χ0n) is 7.43. The van der Waals surface area contributed by atoms with Gasteiger partial charge < -0.3 is 10.1 Å². The first kappa shape index (κ1) is 10.6. The van der Waals surface area contributed by atoms with Gasteiger partial charge in [0.1, 0.15) is 11.6 Å². The molecule has 0 saturated carbocycles. The van der Waals surface area contributed by atoms with Crippen LogP contribution in [0.3, 0.4) is 0 Å². The molecule has 1 N–H and O–H groups in total. The van der Waals surface area contributed by atoms with Crippen LogP contribution in [0.2, 0.25) is 0 Å². The molecule has 14 heavy (non-hydrogen) atoms. The molecule has 0 spiro atoms. The highest BCUT2D eigenvalue weighted by Crippen LogP contribution is 2.18. The van der Waals surface area contributed by atoms with Crippen LogP contribution in [0.15, 0.2) is 18.3 Å².